The Morgan fingerprint density at radius 2 is 1.60 bits per heavy atom. The highest BCUT2D eigenvalue weighted by atomic mass is 127. The molecule has 0 heterocycles. The minimum atomic E-state index is -3.42. The molecule has 10 heteroatoms. The van der Waals surface area contributed by atoms with Gasteiger partial charge in [0.2, 0.25) is 10.0 Å². The fourth-order valence-electron chi connectivity index (χ4n) is 2.67. The van der Waals surface area contributed by atoms with Crippen molar-refractivity contribution in [3.05, 3.63) is 53.6 Å². The Bertz CT molecular complexity index is 934. The number of nitrogens with one attached hydrogen (secondary N) is 3. The SMILES string of the molecule is CN=C(NCCc1ccc(OC)c(OC)c1)NCc1ccc(S(=O)(=O)NC)cc1.I. The van der Waals surface area contributed by atoms with Crippen molar-refractivity contribution < 1.29 is 17.9 Å². The Morgan fingerprint density at radius 3 is 2.17 bits per heavy atom. The molecule has 0 fully saturated rings. The van der Waals surface area contributed by atoms with Crippen LogP contribution in [0.2, 0.25) is 0 Å². The van der Waals surface area contributed by atoms with Gasteiger partial charge >= 0.3 is 0 Å². The van der Waals surface area contributed by atoms with E-state index < -0.39 is 10.0 Å². The third kappa shape index (κ3) is 7.33. The summed E-state index contributed by atoms with van der Waals surface area (Å²) < 4.78 is 36.4. The Hall–Kier alpha value is -2.05. The molecule has 0 aliphatic rings. The molecule has 2 aromatic rings. The Morgan fingerprint density at radius 1 is 0.967 bits per heavy atom. The Kier molecular flexibility index (Phi) is 10.9. The van der Waals surface area contributed by atoms with Gasteiger partial charge in [0.25, 0.3) is 0 Å². The Labute approximate surface area is 195 Å². The van der Waals surface area contributed by atoms with E-state index in [0.717, 1.165) is 17.5 Å². The van der Waals surface area contributed by atoms with Gasteiger partial charge in [0.05, 0.1) is 19.1 Å². The zero-order valence-corrected chi connectivity index (χ0v) is 20.7. The first-order chi connectivity index (χ1) is 13.9. The van der Waals surface area contributed by atoms with Crippen molar-refractivity contribution in [3.8, 4) is 11.5 Å². The standard InChI is InChI=1S/C20H28N4O4S.HI/c1-21-20(23-12-11-15-7-10-18(27-3)19(13-15)28-4)24-14-16-5-8-17(9-6-16)29(25,26)22-2;/h5-10,13,22H,11-12,14H2,1-4H3,(H2,21,23,24);1H. The number of guanidine groups is 1. The van der Waals surface area contributed by atoms with Gasteiger partial charge in [-0.1, -0.05) is 18.2 Å². The van der Waals surface area contributed by atoms with E-state index >= 15 is 0 Å². The number of ether oxygens (including phenoxy) is 2. The molecule has 0 saturated carbocycles. The lowest BCUT2D eigenvalue weighted by Gasteiger charge is -2.13. The van der Waals surface area contributed by atoms with Crippen LogP contribution < -0.4 is 24.8 Å². The number of hydrogen-bond donors (Lipinski definition) is 3. The van der Waals surface area contributed by atoms with Gasteiger partial charge in [0.15, 0.2) is 17.5 Å². The summed E-state index contributed by atoms with van der Waals surface area (Å²) in [6.45, 7) is 1.21. The average Bonchev–Trinajstić information content (AvgIpc) is 2.76. The maximum atomic E-state index is 11.8. The topological polar surface area (TPSA) is 101 Å². The molecule has 0 radical (unpaired) electrons. The molecule has 8 nitrogen and oxygen atoms in total. The normalized spacial score (nSPS) is 11.4. The van der Waals surface area contributed by atoms with Crippen molar-refractivity contribution in [2.24, 2.45) is 4.99 Å². The van der Waals surface area contributed by atoms with Gasteiger partial charge in [-0.3, -0.25) is 4.99 Å². The predicted octanol–water partition coefficient (Wildman–Crippen LogP) is 2.14. The summed E-state index contributed by atoms with van der Waals surface area (Å²) in [5, 5.41) is 6.47. The van der Waals surface area contributed by atoms with Crippen LogP contribution in [0.1, 0.15) is 11.1 Å². The van der Waals surface area contributed by atoms with Crippen LogP contribution in [0, 0.1) is 0 Å². The third-order valence-electron chi connectivity index (χ3n) is 4.34. The lowest BCUT2D eigenvalue weighted by atomic mass is 10.1. The summed E-state index contributed by atoms with van der Waals surface area (Å²) in [7, 11) is 2.90. The smallest absolute Gasteiger partial charge is 0.240 e. The molecule has 0 aliphatic heterocycles. The van der Waals surface area contributed by atoms with E-state index in [1.807, 2.05) is 18.2 Å². The molecule has 0 spiro atoms. The van der Waals surface area contributed by atoms with Crippen molar-refractivity contribution >= 4 is 40.0 Å². The first-order valence-electron chi connectivity index (χ1n) is 9.11. The van der Waals surface area contributed by atoms with Crippen LogP contribution in [-0.4, -0.2) is 49.2 Å². The molecule has 0 saturated heterocycles. The van der Waals surface area contributed by atoms with E-state index in [0.29, 0.717) is 30.5 Å². The number of sulfonamides is 1. The molecule has 2 aromatic carbocycles. The second-order valence-corrected chi connectivity index (χ2v) is 8.03. The maximum absolute atomic E-state index is 11.8. The van der Waals surface area contributed by atoms with Crippen LogP contribution in [0.4, 0.5) is 0 Å². The number of halogens is 1. The number of methoxy groups -OCH3 is 2. The summed E-state index contributed by atoms with van der Waals surface area (Å²) in [6, 6.07) is 12.5. The van der Waals surface area contributed by atoms with Crippen LogP contribution in [0.3, 0.4) is 0 Å². The molecule has 3 N–H and O–H groups in total. The number of hydrogen-bond acceptors (Lipinski definition) is 5. The van der Waals surface area contributed by atoms with Crippen LogP contribution in [0.15, 0.2) is 52.4 Å². The van der Waals surface area contributed by atoms with E-state index in [-0.39, 0.29) is 28.9 Å². The molecule has 30 heavy (non-hydrogen) atoms. The minimum Gasteiger partial charge on any atom is -0.493 e. The van der Waals surface area contributed by atoms with Gasteiger partial charge in [0.1, 0.15) is 0 Å². The van der Waals surface area contributed by atoms with Crippen molar-refractivity contribution in [1.29, 1.82) is 0 Å². The number of aliphatic imine (C=N–C) groups is 1. The van der Waals surface area contributed by atoms with Crippen molar-refractivity contribution in [3.63, 3.8) is 0 Å². The summed E-state index contributed by atoms with van der Waals surface area (Å²) in [5.74, 6) is 2.07. The largest absolute Gasteiger partial charge is 0.493 e. The molecule has 0 atom stereocenters. The molecule has 0 amide bonds. The lowest BCUT2D eigenvalue weighted by Crippen LogP contribution is -2.37. The number of rotatable bonds is 9. The first kappa shape index (κ1) is 26.0. The fourth-order valence-corrected chi connectivity index (χ4v) is 3.40. The lowest BCUT2D eigenvalue weighted by molar-refractivity contribution is 0.354. The molecule has 0 aromatic heterocycles. The van der Waals surface area contributed by atoms with E-state index in [4.69, 9.17) is 9.47 Å². The highest BCUT2D eigenvalue weighted by molar-refractivity contribution is 14.0. The van der Waals surface area contributed by atoms with E-state index in [1.165, 1.54) is 7.05 Å². The summed E-state index contributed by atoms with van der Waals surface area (Å²) >= 11 is 0. The minimum absolute atomic E-state index is 0. The number of benzene rings is 2. The van der Waals surface area contributed by atoms with Crippen LogP contribution in [0.25, 0.3) is 0 Å². The van der Waals surface area contributed by atoms with Crippen molar-refractivity contribution in [2.75, 3.05) is 34.9 Å². The van der Waals surface area contributed by atoms with E-state index in [9.17, 15) is 8.42 Å². The Balaban J connectivity index is 0.00000450. The predicted molar refractivity (Wildman–Crippen MR) is 130 cm³/mol. The van der Waals surface area contributed by atoms with E-state index in [2.05, 4.69) is 20.3 Å². The van der Waals surface area contributed by atoms with Crippen molar-refractivity contribution in [1.82, 2.24) is 15.4 Å². The van der Waals surface area contributed by atoms with Crippen LogP contribution in [-0.2, 0) is 23.0 Å². The highest BCUT2D eigenvalue weighted by Gasteiger charge is 2.10. The molecular formula is C20H29IN4O4S. The van der Waals surface area contributed by atoms with Gasteiger partial charge in [0, 0.05) is 20.1 Å². The molecule has 0 aliphatic carbocycles. The second kappa shape index (κ2) is 12.6. The summed E-state index contributed by atoms with van der Waals surface area (Å²) in [6.07, 6.45) is 0.789. The van der Waals surface area contributed by atoms with Gasteiger partial charge in [-0.2, -0.15) is 0 Å². The van der Waals surface area contributed by atoms with Gasteiger partial charge in [-0.05, 0) is 48.9 Å². The molecular weight excluding hydrogens is 519 g/mol. The number of nitrogens with zero attached hydrogens (tertiary/aromatic N) is 1. The maximum Gasteiger partial charge on any atom is 0.240 e. The van der Waals surface area contributed by atoms with E-state index in [1.54, 1.807) is 45.5 Å². The monoisotopic (exact) mass is 548 g/mol. The fraction of sp³-hybridized carbons (Fsp3) is 0.350. The first-order valence-corrected chi connectivity index (χ1v) is 10.6. The molecule has 0 unspecified atom stereocenters. The summed E-state index contributed by atoms with van der Waals surface area (Å²) in [5.41, 5.74) is 2.06. The molecule has 166 valence electrons. The van der Waals surface area contributed by atoms with Gasteiger partial charge < -0.3 is 20.1 Å². The van der Waals surface area contributed by atoms with Crippen LogP contribution in [0.5, 0.6) is 11.5 Å². The van der Waals surface area contributed by atoms with Gasteiger partial charge in [-0.25, -0.2) is 13.1 Å². The summed E-state index contributed by atoms with van der Waals surface area (Å²) in [4.78, 5) is 4.45. The van der Waals surface area contributed by atoms with Gasteiger partial charge in [-0.15, -0.1) is 24.0 Å². The zero-order chi connectivity index (χ0) is 21.3. The average molecular weight is 548 g/mol. The van der Waals surface area contributed by atoms with Crippen LogP contribution >= 0.6 is 24.0 Å². The zero-order valence-electron chi connectivity index (χ0n) is 17.6. The van der Waals surface area contributed by atoms with Crippen molar-refractivity contribution in [2.45, 2.75) is 17.9 Å². The second-order valence-electron chi connectivity index (χ2n) is 6.14. The highest BCUT2D eigenvalue weighted by Crippen LogP contribution is 2.27. The quantitative estimate of drug-likeness (QED) is 0.252. The molecule has 0 bridgehead atoms. The third-order valence-corrected chi connectivity index (χ3v) is 5.77. The molecule has 2 rings (SSSR count).